The molecule has 5 aliphatic rings. The fraction of sp³-hybridized carbons (Fsp3) is 0.417. The third-order valence-corrected chi connectivity index (χ3v) is 9.58. The number of sulfone groups is 1. The standard InChI is InChI=1S/C24H23NO4S/c26-23-18-3-1-2-4-20(18)30(28,29)21-12-15(5-6-19(21)23)24(27)25-22-16-8-13-7-14(10-16)11-17(22)9-13/h1-6,12-14,16-17,22H,7-11H2,(H,25,27). The number of hydrogen-bond acceptors (Lipinski definition) is 4. The number of nitrogens with one attached hydrogen (secondary N) is 1. The number of benzene rings is 2. The van der Waals surface area contributed by atoms with Crippen LogP contribution in [-0.4, -0.2) is 26.2 Å². The zero-order valence-electron chi connectivity index (χ0n) is 16.5. The van der Waals surface area contributed by atoms with Crippen LogP contribution in [-0.2, 0) is 9.84 Å². The Hall–Kier alpha value is -2.47. The lowest BCUT2D eigenvalue weighted by atomic mass is 9.54. The Balaban J connectivity index is 1.32. The summed E-state index contributed by atoms with van der Waals surface area (Å²) in [5.41, 5.74) is 0.633. The number of carbonyl (C=O) groups excluding carboxylic acids is 2. The smallest absolute Gasteiger partial charge is 0.251 e. The number of carbonyl (C=O) groups is 2. The van der Waals surface area contributed by atoms with E-state index < -0.39 is 9.84 Å². The highest BCUT2D eigenvalue weighted by molar-refractivity contribution is 7.91. The van der Waals surface area contributed by atoms with Crippen molar-refractivity contribution in [3.8, 4) is 0 Å². The van der Waals surface area contributed by atoms with E-state index in [-0.39, 0.29) is 38.7 Å². The van der Waals surface area contributed by atoms with Crippen LogP contribution < -0.4 is 5.32 Å². The van der Waals surface area contributed by atoms with Crippen molar-refractivity contribution >= 4 is 21.5 Å². The van der Waals surface area contributed by atoms with Gasteiger partial charge in [0.05, 0.1) is 9.79 Å². The van der Waals surface area contributed by atoms with Gasteiger partial charge in [-0.1, -0.05) is 12.1 Å². The quantitative estimate of drug-likeness (QED) is 0.685. The minimum Gasteiger partial charge on any atom is -0.349 e. The molecule has 154 valence electrons. The molecule has 0 radical (unpaired) electrons. The second-order valence-corrected chi connectivity index (χ2v) is 11.4. The van der Waals surface area contributed by atoms with E-state index >= 15 is 0 Å². The molecule has 1 amide bonds. The van der Waals surface area contributed by atoms with E-state index in [4.69, 9.17) is 0 Å². The van der Waals surface area contributed by atoms with E-state index in [1.165, 1.54) is 56.4 Å². The average Bonchev–Trinajstić information content (AvgIpc) is 2.74. The third kappa shape index (κ3) is 2.56. The molecule has 0 spiro atoms. The number of rotatable bonds is 2. The van der Waals surface area contributed by atoms with Crippen LogP contribution in [0.25, 0.3) is 0 Å². The average molecular weight is 422 g/mol. The fourth-order valence-electron chi connectivity index (χ4n) is 6.62. The highest BCUT2D eigenvalue weighted by atomic mass is 32.2. The molecule has 4 fully saturated rings. The molecule has 2 aromatic carbocycles. The molecule has 1 aliphatic heterocycles. The maximum Gasteiger partial charge on any atom is 0.251 e. The first-order valence-corrected chi connectivity index (χ1v) is 12.2. The molecule has 0 saturated heterocycles. The summed E-state index contributed by atoms with van der Waals surface area (Å²) in [6, 6.07) is 10.9. The van der Waals surface area contributed by atoms with Gasteiger partial charge in [0.1, 0.15) is 0 Å². The predicted octanol–water partition coefficient (Wildman–Crippen LogP) is 3.62. The second-order valence-electron chi connectivity index (χ2n) is 9.47. The SMILES string of the molecule is O=C(NC1C2CC3CC(C2)CC1C3)c1ccc2c(c1)S(=O)(=O)c1ccccc1C2=O. The van der Waals surface area contributed by atoms with Gasteiger partial charge in [0.15, 0.2) is 5.78 Å². The van der Waals surface area contributed by atoms with Gasteiger partial charge in [-0.05, 0) is 86.1 Å². The van der Waals surface area contributed by atoms with E-state index in [1.807, 2.05) is 0 Å². The van der Waals surface area contributed by atoms with Crippen LogP contribution in [0.2, 0.25) is 0 Å². The minimum atomic E-state index is -3.84. The summed E-state index contributed by atoms with van der Waals surface area (Å²) < 4.78 is 26.2. The van der Waals surface area contributed by atoms with E-state index in [0.717, 1.165) is 11.8 Å². The summed E-state index contributed by atoms with van der Waals surface area (Å²) in [6.45, 7) is 0. The van der Waals surface area contributed by atoms with Gasteiger partial charge >= 0.3 is 0 Å². The molecule has 6 heteroatoms. The van der Waals surface area contributed by atoms with Crippen LogP contribution in [0.3, 0.4) is 0 Å². The lowest BCUT2D eigenvalue weighted by Gasteiger charge is -2.54. The molecule has 1 heterocycles. The monoisotopic (exact) mass is 421 g/mol. The van der Waals surface area contributed by atoms with Crippen molar-refractivity contribution in [1.29, 1.82) is 0 Å². The molecule has 7 rings (SSSR count). The Morgan fingerprint density at radius 1 is 0.833 bits per heavy atom. The van der Waals surface area contributed by atoms with Crippen molar-refractivity contribution in [2.24, 2.45) is 23.7 Å². The van der Waals surface area contributed by atoms with E-state index in [1.54, 1.807) is 18.2 Å². The molecule has 4 bridgehead atoms. The predicted molar refractivity (Wildman–Crippen MR) is 110 cm³/mol. The summed E-state index contributed by atoms with van der Waals surface area (Å²) in [4.78, 5) is 25.8. The lowest BCUT2D eigenvalue weighted by Crippen LogP contribution is -2.55. The highest BCUT2D eigenvalue weighted by Gasteiger charge is 2.48. The molecule has 1 N–H and O–H groups in total. The summed E-state index contributed by atoms with van der Waals surface area (Å²) in [7, 11) is -3.84. The third-order valence-electron chi connectivity index (χ3n) is 7.72. The van der Waals surface area contributed by atoms with Crippen molar-refractivity contribution in [3.05, 3.63) is 59.2 Å². The zero-order chi connectivity index (χ0) is 20.6. The lowest BCUT2D eigenvalue weighted by molar-refractivity contribution is -0.0119. The molecule has 0 unspecified atom stereocenters. The number of ketones is 1. The maximum absolute atomic E-state index is 13.1. The summed E-state index contributed by atoms with van der Waals surface area (Å²) in [5.74, 6) is 2.17. The van der Waals surface area contributed by atoms with Gasteiger partial charge in [-0.25, -0.2) is 8.42 Å². The first-order chi connectivity index (χ1) is 14.4. The molecule has 5 nitrogen and oxygen atoms in total. The molecule has 4 saturated carbocycles. The number of fused-ring (bicyclic) bond motifs is 2. The topological polar surface area (TPSA) is 80.3 Å². The normalized spacial score (nSPS) is 32.4. The van der Waals surface area contributed by atoms with Crippen molar-refractivity contribution in [2.45, 2.75) is 47.9 Å². The molecule has 2 aromatic rings. The Morgan fingerprint density at radius 2 is 1.47 bits per heavy atom. The Kier molecular flexibility index (Phi) is 3.82. The summed E-state index contributed by atoms with van der Waals surface area (Å²) >= 11 is 0. The highest BCUT2D eigenvalue weighted by Crippen LogP contribution is 2.53. The first kappa shape index (κ1) is 18.3. The number of hydrogen-bond donors (Lipinski definition) is 1. The van der Waals surface area contributed by atoms with Crippen LogP contribution in [0.15, 0.2) is 52.3 Å². The zero-order valence-corrected chi connectivity index (χ0v) is 17.3. The first-order valence-electron chi connectivity index (χ1n) is 10.8. The Labute approximate surface area is 175 Å². The van der Waals surface area contributed by atoms with Crippen molar-refractivity contribution < 1.29 is 18.0 Å². The molecule has 0 aromatic heterocycles. The fourth-order valence-corrected chi connectivity index (χ4v) is 8.30. The summed E-state index contributed by atoms with van der Waals surface area (Å²) in [5, 5.41) is 3.22. The van der Waals surface area contributed by atoms with Crippen LogP contribution >= 0.6 is 0 Å². The minimum absolute atomic E-state index is 0.0149. The van der Waals surface area contributed by atoms with Gasteiger partial charge in [-0.2, -0.15) is 0 Å². The molecule has 30 heavy (non-hydrogen) atoms. The molecular formula is C24H23NO4S. The van der Waals surface area contributed by atoms with Gasteiger partial charge < -0.3 is 5.32 Å². The van der Waals surface area contributed by atoms with Crippen LogP contribution in [0.4, 0.5) is 0 Å². The van der Waals surface area contributed by atoms with Crippen LogP contribution in [0.5, 0.6) is 0 Å². The van der Waals surface area contributed by atoms with Crippen molar-refractivity contribution in [1.82, 2.24) is 5.32 Å². The maximum atomic E-state index is 13.1. The second kappa shape index (κ2) is 6.27. The van der Waals surface area contributed by atoms with E-state index in [0.29, 0.717) is 17.4 Å². The Morgan fingerprint density at radius 3 is 2.17 bits per heavy atom. The molecule has 4 aliphatic carbocycles. The van der Waals surface area contributed by atoms with E-state index in [9.17, 15) is 18.0 Å². The van der Waals surface area contributed by atoms with Gasteiger partial charge in [0, 0.05) is 22.7 Å². The number of amides is 1. The van der Waals surface area contributed by atoms with Crippen molar-refractivity contribution in [2.75, 3.05) is 0 Å². The Bertz CT molecular complexity index is 1170. The van der Waals surface area contributed by atoms with Gasteiger partial charge in [-0.15, -0.1) is 0 Å². The van der Waals surface area contributed by atoms with Gasteiger partial charge in [0.25, 0.3) is 5.91 Å². The van der Waals surface area contributed by atoms with Gasteiger partial charge in [-0.3, -0.25) is 9.59 Å². The van der Waals surface area contributed by atoms with Gasteiger partial charge in [0.2, 0.25) is 9.84 Å². The van der Waals surface area contributed by atoms with E-state index in [2.05, 4.69) is 5.32 Å². The molecule has 0 atom stereocenters. The largest absolute Gasteiger partial charge is 0.349 e. The van der Waals surface area contributed by atoms with Crippen molar-refractivity contribution in [3.63, 3.8) is 0 Å². The molecular weight excluding hydrogens is 398 g/mol. The van der Waals surface area contributed by atoms with Crippen LogP contribution in [0, 0.1) is 23.7 Å². The summed E-state index contributed by atoms with van der Waals surface area (Å²) in [6.07, 6.45) is 6.14. The van der Waals surface area contributed by atoms with Crippen LogP contribution in [0.1, 0.15) is 58.4 Å².